The lowest BCUT2D eigenvalue weighted by Crippen LogP contribution is -2.27. The predicted octanol–water partition coefficient (Wildman–Crippen LogP) is 2.06. The molecular weight excluding hydrogens is 284 g/mol. The lowest BCUT2D eigenvalue weighted by Gasteiger charge is -2.14. The van der Waals surface area contributed by atoms with Gasteiger partial charge >= 0.3 is 0 Å². The van der Waals surface area contributed by atoms with E-state index in [2.05, 4.69) is 36.7 Å². The molecule has 1 aromatic heterocycles. The first-order valence-corrected chi connectivity index (χ1v) is 5.89. The second-order valence-corrected chi connectivity index (χ2v) is 4.43. The van der Waals surface area contributed by atoms with Crippen LogP contribution < -0.4 is 5.32 Å². The van der Waals surface area contributed by atoms with Crippen LogP contribution in [0.1, 0.15) is 29.0 Å². The third-order valence-electron chi connectivity index (χ3n) is 2.37. The van der Waals surface area contributed by atoms with Crippen LogP contribution in [0.2, 0.25) is 0 Å². The largest absolute Gasteiger partial charge is 0.344 e. The van der Waals surface area contributed by atoms with Crippen molar-refractivity contribution in [2.75, 3.05) is 0 Å². The van der Waals surface area contributed by atoms with Gasteiger partial charge in [0, 0.05) is 4.47 Å². The SMILES string of the molecule is CC(NC(=O)c1cn[nH]n1)c1ccccc1Br. The van der Waals surface area contributed by atoms with Crippen molar-refractivity contribution < 1.29 is 4.79 Å². The Kier molecular flexibility index (Phi) is 3.53. The molecule has 17 heavy (non-hydrogen) atoms. The molecule has 0 bridgehead atoms. The van der Waals surface area contributed by atoms with Crippen LogP contribution in [0.25, 0.3) is 0 Å². The van der Waals surface area contributed by atoms with Gasteiger partial charge in [-0.3, -0.25) is 4.79 Å². The zero-order valence-corrected chi connectivity index (χ0v) is 10.7. The number of amides is 1. The summed E-state index contributed by atoms with van der Waals surface area (Å²) < 4.78 is 0.966. The Labute approximate surface area is 107 Å². The van der Waals surface area contributed by atoms with Gasteiger partial charge in [-0.15, -0.1) is 0 Å². The van der Waals surface area contributed by atoms with Gasteiger partial charge < -0.3 is 5.32 Å². The van der Waals surface area contributed by atoms with Gasteiger partial charge in [0.05, 0.1) is 12.2 Å². The fourth-order valence-electron chi connectivity index (χ4n) is 1.49. The van der Waals surface area contributed by atoms with Crippen molar-refractivity contribution in [2.24, 2.45) is 0 Å². The van der Waals surface area contributed by atoms with Crippen LogP contribution in [-0.4, -0.2) is 21.3 Å². The van der Waals surface area contributed by atoms with Gasteiger partial charge in [0.2, 0.25) is 0 Å². The Balaban J connectivity index is 2.10. The molecule has 0 saturated carbocycles. The normalized spacial score (nSPS) is 12.1. The summed E-state index contributed by atoms with van der Waals surface area (Å²) in [6.45, 7) is 1.91. The zero-order valence-electron chi connectivity index (χ0n) is 9.14. The van der Waals surface area contributed by atoms with Crippen LogP contribution in [-0.2, 0) is 0 Å². The van der Waals surface area contributed by atoms with E-state index in [1.54, 1.807) is 0 Å². The van der Waals surface area contributed by atoms with Crippen molar-refractivity contribution in [1.29, 1.82) is 0 Å². The number of carbonyl (C=O) groups excluding carboxylic acids is 1. The predicted molar refractivity (Wildman–Crippen MR) is 66.4 cm³/mol. The molecule has 2 N–H and O–H groups in total. The van der Waals surface area contributed by atoms with E-state index in [4.69, 9.17) is 0 Å². The Bertz CT molecular complexity index is 512. The minimum Gasteiger partial charge on any atom is -0.344 e. The van der Waals surface area contributed by atoms with E-state index in [1.807, 2.05) is 31.2 Å². The number of aromatic nitrogens is 3. The van der Waals surface area contributed by atoms with Crippen molar-refractivity contribution in [2.45, 2.75) is 13.0 Å². The number of hydrogen-bond acceptors (Lipinski definition) is 3. The summed E-state index contributed by atoms with van der Waals surface area (Å²) in [6, 6.07) is 7.65. The van der Waals surface area contributed by atoms with E-state index in [1.165, 1.54) is 6.20 Å². The van der Waals surface area contributed by atoms with Crippen LogP contribution in [0.4, 0.5) is 0 Å². The van der Waals surface area contributed by atoms with Crippen molar-refractivity contribution in [1.82, 2.24) is 20.7 Å². The van der Waals surface area contributed by atoms with Crippen molar-refractivity contribution in [3.8, 4) is 0 Å². The molecule has 1 heterocycles. The molecule has 0 saturated heterocycles. The second kappa shape index (κ2) is 5.09. The summed E-state index contributed by atoms with van der Waals surface area (Å²) in [5.74, 6) is -0.248. The fourth-order valence-corrected chi connectivity index (χ4v) is 2.11. The summed E-state index contributed by atoms with van der Waals surface area (Å²) in [4.78, 5) is 11.8. The number of H-pyrrole nitrogens is 1. The maximum Gasteiger partial charge on any atom is 0.273 e. The van der Waals surface area contributed by atoms with Crippen LogP contribution >= 0.6 is 15.9 Å². The number of aromatic amines is 1. The smallest absolute Gasteiger partial charge is 0.273 e. The van der Waals surface area contributed by atoms with E-state index in [9.17, 15) is 4.79 Å². The van der Waals surface area contributed by atoms with Gasteiger partial charge in [0.15, 0.2) is 5.69 Å². The molecule has 1 aromatic carbocycles. The molecule has 1 amide bonds. The van der Waals surface area contributed by atoms with E-state index in [0.717, 1.165) is 10.0 Å². The number of rotatable bonds is 3. The summed E-state index contributed by atoms with van der Waals surface area (Å²) in [5.41, 5.74) is 1.30. The van der Waals surface area contributed by atoms with Gasteiger partial charge in [0.1, 0.15) is 0 Å². The number of hydrogen-bond donors (Lipinski definition) is 2. The molecule has 0 aliphatic rings. The minimum atomic E-state index is -0.248. The molecular formula is C11H11BrN4O. The highest BCUT2D eigenvalue weighted by atomic mass is 79.9. The molecule has 0 aliphatic heterocycles. The highest BCUT2D eigenvalue weighted by Crippen LogP contribution is 2.22. The summed E-state index contributed by atoms with van der Waals surface area (Å²) in [6.07, 6.45) is 1.39. The first-order chi connectivity index (χ1) is 8.18. The van der Waals surface area contributed by atoms with Crippen LogP contribution in [0.3, 0.4) is 0 Å². The van der Waals surface area contributed by atoms with E-state index < -0.39 is 0 Å². The number of benzene rings is 1. The Morgan fingerprint density at radius 2 is 2.24 bits per heavy atom. The maximum atomic E-state index is 11.8. The van der Waals surface area contributed by atoms with Crippen LogP contribution in [0.15, 0.2) is 34.9 Å². The van der Waals surface area contributed by atoms with Gasteiger partial charge in [-0.2, -0.15) is 15.4 Å². The maximum absolute atomic E-state index is 11.8. The van der Waals surface area contributed by atoms with Crippen LogP contribution in [0.5, 0.6) is 0 Å². The molecule has 0 fully saturated rings. The first-order valence-electron chi connectivity index (χ1n) is 5.09. The van der Waals surface area contributed by atoms with E-state index >= 15 is 0 Å². The molecule has 0 spiro atoms. The molecule has 0 radical (unpaired) electrons. The highest BCUT2D eigenvalue weighted by Gasteiger charge is 2.14. The molecule has 0 aliphatic carbocycles. The minimum absolute atomic E-state index is 0.102. The average Bonchev–Trinajstić information content (AvgIpc) is 2.82. The quantitative estimate of drug-likeness (QED) is 0.910. The Morgan fingerprint density at radius 1 is 1.47 bits per heavy atom. The first kappa shape index (κ1) is 11.8. The summed E-state index contributed by atoms with van der Waals surface area (Å²) in [7, 11) is 0. The lowest BCUT2D eigenvalue weighted by molar-refractivity contribution is 0.0934. The molecule has 2 rings (SSSR count). The monoisotopic (exact) mass is 294 g/mol. The second-order valence-electron chi connectivity index (χ2n) is 3.57. The standard InChI is InChI=1S/C11H11BrN4O/c1-7(8-4-2-3-5-9(8)12)14-11(17)10-6-13-16-15-10/h2-7H,1H3,(H,14,17)(H,13,15,16). The van der Waals surface area contributed by atoms with Gasteiger partial charge in [-0.1, -0.05) is 34.1 Å². The number of halogens is 1. The van der Waals surface area contributed by atoms with Gasteiger partial charge in [-0.25, -0.2) is 0 Å². The summed E-state index contributed by atoms with van der Waals surface area (Å²) in [5, 5.41) is 12.6. The molecule has 1 atom stereocenters. The van der Waals surface area contributed by atoms with Crippen molar-refractivity contribution >= 4 is 21.8 Å². The Morgan fingerprint density at radius 3 is 2.88 bits per heavy atom. The fraction of sp³-hybridized carbons (Fsp3) is 0.182. The molecule has 88 valence electrons. The number of carbonyl (C=O) groups is 1. The molecule has 2 aromatic rings. The Hall–Kier alpha value is -1.69. The van der Waals surface area contributed by atoms with Crippen molar-refractivity contribution in [3.63, 3.8) is 0 Å². The lowest BCUT2D eigenvalue weighted by atomic mass is 10.1. The molecule has 6 heteroatoms. The highest BCUT2D eigenvalue weighted by molar-refractivity contribution is 9.10. The summed E-state index contributed by atoms with van der Waals surface area (Å²) >= 11 is 3.45. The third-order valence-corrected chi connectivity index (χ3v) is 3.09. The molecule has 5 nitrogen and oxygen atoms in total. The van der Waals surface area contributed by atoms with Crippen LogP contribution in [0, 0.1) is 0 Å². The topological polar surface area (TPSA) is 70.7 Å². The van der Waals surface area contributed by atoms with E-state index in [0.29, 0.717) is 0 Å². The van der Waals surface area contributed by atoms with Crippen molar-refractivity contribution in [3.05, 3.63) is 46.2 Å². The van der Waals surface area contributed by atoms with Gasteiger partial charge in [0.25, 0.3) is 5.91 Å². The zero-order chi connectivity index (χ0) is 12.3. The number of nitrogens with zero attached hydrogens (tertiary/aromatic N) is 2. The molecule has 1 unspecified atom stereocenters. The average molecular weight is 295 g/mol. The number of nitrogens with one attached hydrogen (secondary N) is 2. The van der Waals surface area contributed by atoms with Gasteiger partial charge in [-0.05, 0) is 18.6 Å². The third kappa shape index (κ3) is 2.71. The van der Waals surface area contributed by atoms with E-state index in [-0.39, 0.29) is 17.6 Å².